The average Bonchev–Trinajstić information content (AvgIpc) is 2.45. The summed E-state index contributed by atoms with van der Waals surface area (Å²) in [4.78, 5) is 4.42. The summed E-state index contributed by atoms with van der Waals surface area (Å²) in [6.45, 7) is 5.23. The summed E-state index contributed by atoms with van der Waals surface area (Å²) >= 11 is 0. The topological polar surface area (TPSA) is 59.6 Å². The van der Waals surface area contributed by atoms with Crippen molar-refractivity contribution in [1.82, 2.24) is 0 Å². The number of aliphatic imine (C=N–C) groups is 1. The van der Waals surface area contributed by atoms with Gasteiger partial charge in [0, 0.05) is 12.8 Å². The Morgan fingerprint density at radius 3 is 2.36 bits per heavy atom. The highest BCUT2D eigenvalue weighted by Crippen LogP contribution is 2.14. The van der Waals surface area contributed by atoms with Gasteiger partial charge in [0.2, 0.25) is 0 Å². The minimum Gasteiger partial charge on any atom is -0.380 e. The van der Waals surface area contributed by atoms with E-state index < -0.39 is 0 Å². The predicted molar refractivity (Wildman–Crippen MR) is 92.0 cm³/mol. The Labute approximate surface area is 132 Å². The quantitative estimate of drug-likeness (QED) is 0.657. The summed E-state index contributed by atoms with van der Waals surface area (Å²) < 4.78 is 5.20. The normalized spacial score (nSPS) is 11.5. The van der Waals surface area contributed by atoms with Gasteiger partial charge in [-0.15, -0.1) is 0 Å². The number of hydrogen-bond acceptors (Lipinski definition) is 2. The number of ether oxygens (including phenoxy) is 1. The lowest BCUT2D eigenvalue weighted by atomic mass is 10.1. The second-order valence-corrected chi connectivity index (χ2v) is 5.40. The molecule has 0 saturated heterocycles. The third-order valence-corrected chi connectivity index (χ3v) is 3.33. The fraction of sp³-hybridized carbons (Fsp3) is 0.278. The van der Waals surface area contributed by atoms with Crippen molar-refractivity contribution < 1.29 is 4.74 Å². The molecule has 116 valence electrons. The van der Waals surface area contributed by atoms with Gasteiger partial charge in [-0.1, -0.05) is 30.3 Å². The van der Waals surface area contributed by atoms with E-state index in [0.29, 0.717) is 19.1 Å². The molecule has 3 N–H and O–H groups in total. The molecule has 0 bridgehead atoms. The Balaban J connectivity index is 2.06. The fourth-order valence-corrected chi connectivity index (χ4v) is 2.41. The second kappa shape index (κ2) is 7.61. The lowest BCUT2D eigenvalue weighted by Crippen LogP contribution is -2.22. The number of anilines is 1. The van der Waals surface area contributed by atoms with Crippen LogP contribution >= 0.6 is 0 Å². The van der Waals surface area contributed by atoms with Crippen LogP contribution in [0.1, 0.15) is 22.3 Å². The summed E-state index contributed by atoms with van der Waals surface area (Å²) in [5.41, 5.74) is 11.6. The standard InChI is InChI=1S/C18H23N3O/c1-13-8-14(2)10-17(9-13)21-18(19)20-11-15-6-4-5-7-16(15)12-22-3/h4-10H,11-12H2,1-3H3,(H3,19,20,21). The van der Waals surface area contributed by atoms with Gasteiger partial charge in [-0.25, -0.2) is 4.99 Å². The van der Waals surface area contributed by atoms with E-state index in [9.17, 15) is 0 Å². The van der Waals surface area contributed by atoms with Crippen molar-refractivity contribution in [2.45, 2.75) is 27.0 Å². The third kappa shape index (κ3) is 4.60. The van der Waals surface area contributed by atoms with Gasteiger partial charge in [0.05, 0.1) is 13.2 Å². The number of nitrogens with zero attached hydrogens (tertiary/aromatic N) is 1. The molecular weight excluding hydrogens is 274 g/mol. The van der Waals surface area contributed by atoms with Crippen LogP contribution in [0.4, 0.5) is 5.69 Å². The number of nitrogens with two attached hydrogens (primary N) is 1. The Morgan fingerprint density at radius 1 is 1.09 bits per heavy atom. The molecule has 22 heavy (non-hydrogen) atoms. The highest BCUT2D eigenvalue weighted by Gasteiger charge is 2.02. The van der Waals surface area contributed by atoms with Crippen molar-refractivity contribution in [1.29, 1.82) is 0 Å². The first-order valence-electron chi connectivity index (χ1n) is 7.29. The Kier molecular flexibility index (Phi) is 5.55. The predicted octanol–water partition coefficient (Wildman–Crippen LogP) is 3.38. The molecular formula is C18H23N3O. The Bertz CT molecular complexity index is 645. The maximum atomic E-state index is 5.99. The van der Waals surface area contributed by atoms with Crippen molar-refractivity contribution in [2.75, 3.05) is 12.4 Å². The van der Waals surface area contributed by atoms with E-state index in [-0.39, 0.29) is 0 Å². The average molecular weight is 297 g/mol. The van der Waals surface area contributed by atoms with Gasteiger partial charge in [0.25, 0.3) is 0 Å². The zero-order chi connectivity index (χ0) is 15.9. The van der Waals surface area contributed by atoms with Gasteiger partial charge in [-0.3, -0.25) is 0 Å². The van der Waals surface area contributed by atoms with Gasteiger partial charge in [0.15, 0.2) is 5.96 Å². The second-order valence-electron chi connectivity index (χ2n) is 5.40. The van der Waals surface area contributed by atoms with Crippen molar-refractivity contribution in [2.24, 2.45) is 10.7 Å². The number of benzene rings is 2. The third-order valence-electron chi connectivity index (χ3n) is 3.33. The molecule has 2 rings (SSSR count). The molecule has 2 aromatic rings. The van der Waals surface area contributed by atoms with Gasteiger partial charge in [-0.2, -0.15) is 0 Å². The molecule has 4 heteroatoms. The lowest BCUT2D eigenvalue weighted by Gasteiger charge is -2.09. The van der Waals surface area contributed by atoms with Crippen molar-refractivity contribution >= 4 is 11.6 Å². The molecule has 0 amide bonds. The monoisotopic (exact) mass is 297 g/mol. The molecule has 0 heterocycles. The molecule has 0 saturated carbocycles. The summed E-state index contributed by atoms with van der Waals surface area (Å²) in [5, 5.41) is 3.14. The van der Waals surface area contributed by atoms with Gasteiger partial charge in [-0.05, 0) is 48.2 Å². The van der Waals surface area contributed by atoms with Crippen LogP contribution in [0.25, 0.3) is 0 Å². The van der Waals surface area contributed by atoms with Gasteiger partial charge < -0.3 is 15.8 Å². The van der Waals surface area contributed by atoms with Crippen LogP contribution in [0.15, 0.2) is 47.5 Å². The van der Waals surface area contributed by atoms with Crippen LogP contribution in [-0.2, 0) is 17.9 Å². The van der Waals surface area contributed by atoms with Gasteiger partial charge in [0.1, 0.15) is 0 Å². The summed E-state index contributed by atoms with van der Waals surface area (Å²) in [6, 6.07) is 14.3. The maximum Gasteiger partial charge on any atom is 0.193 e. The van der Waals surface area contributed by atoms with Crippen LogP contribution in [0, 0.1) is 13.8 Å². The van der Waals surface area contributed by atoms with Crippen LogP contribution in [0.2, 0.25) is 0 Å². The zero-order valence-electron chi connectivity index (χ0n) is 13.4. The minimum absolute atomic E-state index is 0.414. The van der Waals surface area contributed by atoms with E-state index in [1.54, 1.807) is 7.11 Å². The van der Waals surface area contributed by atoms with E-state index in [1.807, 2.05) is 36.4 Å². The van der Waals surface area contributed by atoms with Crippen LogP contribution in [-0.4, -0.2) is 13.1 Å². The van der Waals surface area contributed by atoms with E-state index >= 15 is 0 Å². The van der Waals surface area contributed by atoms with Crippen molar-refractivity contribution in [3.05, 3.63) is 64.7 Å². The number of rotatable bonds is 5. The smallest absolute Gasteiger partial charge is 0.193 e. The highest BCUT2D eigenvalue weighted by atomic mass is 16.5. The molecule has 0 fully saturated rings. The van der Waals surface area contributed by atoms with E-state index in [1.165, 1.54) is 11.1 Å². The molecule has 0 unspecified atom stereocenters. The van der Waals surface area contributed by atoms with E-state index in [2.05, 4.69) is 30.2 Å². The maximum absolute atomic E-state index is 5.99. The van der Waals surface area contributed by atoms with Gasteiger partial charge >= 0.3 is 0 Å². The van der Waals surface area contributed by atoms with Crippen LogP contribution < -0.4 is 11.1 Å². The molecule has 0 spiro atoms. The van der Waals surface area contributed by atoms with E-state index in [0.717, 1.165) is 16.8 Å². The van der Waals surface area contributed by atoms with Crippen LogP contribution in [0.3, 0.4) is 0 Å². The molecule has 0 radical (unpaired) electrons. The molecule has 0 aliphatic heterocycles. The zero-order valence-corrected chi connectivity index (χ0v) is 13.4. The Hall–Kier alpha value is -2.33. The first-order chi connectivity index (χ1) is 10.6. The minimum atomic E-state index is 0.414. The number of nitrogens with one attached hydrogen (secondary N) is 1. The molecule has 4 nitrogen and oxygen atoms in total. The number of guanidine groups is 1. The molecule has 0 atom stereocenters. The fourth-order valence-electron chi connectivity index (χ4n) is 2.41. The summed E-state index contributed by atoms with van der Waals surface area (Å²) in [7, 11) is 1.69. The summed E-state index contributed by atoms with van der Waals surface area (Å²) in [5.74, 6) is 0.414. The molecule has 0 aliphatic carbocycles. The largest absolute Gasteiger partial charge is 0.380 e. The number of aryl methyl sites for hydroxylation is 2. The molecule has 0 aromatic heterocycles. The first-order valence-corrected chi connectivity index (χ1v) is 7.29. The number of methoxy groups -OCH3 is 1. The highest BCUT2D eigenvalue weighted by molar-refractivity contribution is 5.92. The number of hydrogen-bond donors (Lipinski definition) is 2. The Morgan fingerprint density at radius 2 is 1.73 bits per heavy atom. The van der Waals surface area contributed by atoms with E-state index in [4.69, 9.17) is 10.5 Å². The molecule has 0 aliphatic rings. The molecule has 2 aromatic carbocycles. The first kappa shape index (κ1) is 16.0. The summed E-state index contributed by atoms with van der Waals surface area (Å²) in [6.07, 6.45) is 0. The lowest BCUT2D eigenvalue weighted by molar-refractivity contribution is 0.184. The van der Waals surface area contributed by atoms with Crippen molar-refractivity contribution in [3.63, 3.8) is 0 Å². The van der Waals surface area contributed by atoms with Crippen LogP contribution in [0.5, 0.6) is 0 Å². The SMILES string of the molecule is COCc1ccccc1CN=C(N)Nc1cc(C)cc(C)c1. The van der Waals surface area contributed by atoms with Crippen molar-refractivity contribution in [3.8, 4) is 0 Å².